The zero-order valence-electron chi connectivity index (χ0n) is 12.7. The molecule has 1 aromatic carbocycles. The van der Waals surface area contributed by atoms with E-state index in [-0.39, 0.29) is 23.4 Å². The minimum atomic E-state index is -4.13. The summed E-state index contributed by atoms with van der Waals surface area (Å²) in [7, 11) is -4.13. The Bertz CT molecular complexity index is 790. The van der Waals surface area contributed by atoms with Crippen LogP contribution < -0.4 is 10.1 Å². The molecule has 0 spiro atoms. The van der Waals surface area contributed by atoms with Gasteiger partial charge in [0.25, 0.3) is 10.1 Å². The van der Waals surface area contributed by atoms with Crippen LogP contribution in [0, 0.1) is 0 Å². The first-order chi connectivity index (χ1) is 10.7. The van der Waals surface area contributed by atoms with Gasteiger partial charge in [0, 0.05) is 11.6 Å². The van der Waals surface area contributed by atoms with E-state index in [1.165, 1.54) is 0 Å². The van der Waals surface area contributed by atoms with E-state index < -0.39 is 16.0 Å². The highest BCUT2D eigenvalue weighted by Gasteiger charge is 2.09. The van der Waals surface area contributed by atoms with Gasteiger partial charge >= 0.3 is 0 Å². The lowest BCUT2D eigenvalue weighted by molar-refractivity contribution is 0.447. The average Bonchev–Trinajstić information content (AvgIpc) is 2.47. The Labute approximate surface area is 134 Å². The van der Waals surface area contributed by atoms with Crippen LogP contribution in [0.2, 0.25) is 0 Å². The van der Waals surface area contributed by atoms with Crippen molar-refractivity contribution < 1.29 is 22.8 Å². The number of anilines is 1. The number of pyridine rings is 1. The van der Waals surface area contributed by atoms with Gasteiger partial charge in [0.1, 0.15) is 23.2 Å². The second kappa shape index (κ2) is 6.84. The van der Waals surface area contributed by atoms with Crippen molar-refractivity contribution in [3.63, 3.8) is 0 Å². The molecule has 2 rings (SSSR count). The number of aromatic hydroxyl groups is 1. The number of phenolic OH excluding ortho intramolecular Hbond substituents is 1. The van der Waals surface area contributed by atoms with Crippen LogP contribution in [0.5, 0.6) is 17.4 Å². The van der Waals surface area contributed by atoms with E-state index in [1.54, 1.807) is 36.4 Å². The molecule has 0 aliphatic carbocycles. The summed E-state index contributed by atoms with van der Waals surface area (Å²) in [6.07, 6.45) is 0. The smallest absolute Gasteiger partial charge is 0.283 e. The van der Waals surface area contributed by atoms with Crippen LogP contribution in [0.1, 0.15) is 25.3 Å². The molecule has 0 amide bonds. The molecule has 8 heteroatoms. The summed E-state index contributed by atoms with van der Waals surface area (Å²) < 4.78 is 35.8. The molecule has 0 aliphatic heterocycles. The number of rotatable bonds is 6. The third-order valence-corrected chi connectivity index (χ3v) is 3.51. The van der Waals surface area contributed by atoms with Crippen molar-refractivity contribution in [2.24, 2.45) is 0 Å². The molecule has 124 valence electrons. The molecule has 0 saturated carbocycles. The lowest BCUT2D eigenvalue weighted by Gasteiger charge is -2.12. The number of nitrogens with one attached hydrogen (secondary N) is 1. The Kier molecular flexibility index (Phi) is 5.07. The SMILES string of the molecule is CC(C)c1cc(Oc2cccc(NCS(=O)(=O)O)n2)ccc1O. The Morgan fingerprint density at radius 3 is 2.65 bits per heavy atom. The molecule has 0 unspecified atom stereocenters. The molecule has 0 aliphatic rings. The normalized spacial score (nSPS) is 11.5. The summed E-state index contributed by atoms with van der Waals surface area (Å²) >= 11 is 0. The fourth-order valence-corrected chi connectivity index (χ4v) is 2.24. The lowest BCUT2D eigenvalue weighted by Crippen LogP contribution is -2.13. The number of hydrogen-bond acceptors (Lipinski definition) is 6. The van der Waals surface area contributed by atoms with Crippen LogP contribution >= 0.6 is 0 Å². The summed E-state index contributed by atoms with van der Waals surface area (Å²) in [5.74, 6) is 0.706. The molecule has 0 fully saturated rings. The third kappa shape index (κ3) is 5.11. The predicted molar refractivity (Wildman–Crippen MR) is 86.5 cm³/mol. The fourth-order valence-electron chi connectivity index (χ4n) is 1.91. The van der Waals surface area contributed by atoms with Crippen LogP contribution in [0.3, 0.4) is 0 Å². The molecule has 3 N–H and O–H groups in total. The topological polar surface area (TPSA) is 109 Å². The van der Waals surface area contributed by atoms with Crippen LogP contribution in [0.4, 0.5) is 5.82 Å². The first kappa shape index (κ1) is 17.0. The van der Waals surface area contributed by atoms with Crippen LogP contribution in [0.25, 0.3) is 0 Å². The highest BCUT2D eigenvalue weighted by Crippen LogP contribution is 2.31. The van der Waals surface area contributed by atoms with E-state index in [4.69, 9.17) is 9.29 Å². The highest BCUT2D eigenvalue weighted by atomic mass is 32.2. The highest BCUT2D eigenvalue weighted by molar-refractivity contribution is 7.85. The van der Waals surface area contributed by atoms with E-state index in [2.05, 4.69) is 10.3 Å². The minimum absolute atomic E-state index is 0.134. The molecular weight excluding hydrogens is 320 g/mol. The largest absolute Gasteiger partial charge is 0.508 e. The monoisotopic (exact) mass is 338 g/mol. The zero-order valence-corrected chi connectivity index (χ0v) is 13.5. The Hall–Kier alpha value is -2.32. The number of phenols is 1. The minimum Gasteiger partial charge on any atom is -0.508 e. The van der Waals surface area contributed by atoms with Crippen molar-refractivity contribution in [3.8, 4) is 17.4 Å². The standard InChI is InChI=1S/C15H18N2O5S/c1-10(2)12-8-11(6-7-13(12)18)22-15-5-3-4-14(17-15)16-9-23(19,20)21/h3-8,10,18H,9H2,1-2H3,(H,16,17)(H,19,20,21). The van der Waals surface area contributed by atoms with E-state index in [1.807, 2.05) is 13.8 Å². The molecule has 23 heavy (non-hydrogen) atoms. The number of aromatic nitrogens is 1. The van der Waals surface area contributed by atoms with Crippen molar-refractivity contribution in [2.75, 3.05) is 11.2 Å². The van der Waals surface area contributed by atoms with Crippen LogP contribution in [0.15, 0.2) is 36.4 Å². The van der Waals surface area contributed by atoms with Gasteiger partial charge in [-0.3, -0.25) is 4.55 Å². The van der Waals surface area contributed by atoms with Crippen molar-refractivity contribution in [2.45, 2.75) is 19.8 Å². The molecule has 7 nitrogen and oxygen atoms in total. The van der Waals surface area contributed by atoms with Gasteiger partial charge in [-0.1, -0.05) is 19.9 Å². The van der Waals surface area contributed by atoms with Gasteiger partial charge in [-0.05, 0) is 30.2 Å². The van der Waals surface area contributed by atoms with E-state index in [0.29, 0.717) is 5.75 Å². The molecule has 0 atom stereocenters. The second-order valence-corrected chi connectivity index (χ2v) is 6.69. The van der Waals surface area contributed by atoms with Crippen molar-refractivity contribution in [1.29, 1.82) is 0 Å². The maximum Gasteiger partial charge on any atom is 0.283 e. The Balaban J connectivity index is 2.16. The first-order valence-electron chi connectivity index (χ1n) is 6.91. The summed E-state index contributed by atoms with van der Waals surface area (Å²) in [6, 6.07) is 9.68. The number of nitrogens with zero attached hydrogens (tertiary/aromatic N) is 1. The van der Waals surface area contributed by atoms with Crippen molar-refractivity contribution >= 4 is 15.9 Å². The quantitative estimate of drug-likeness (QED) is 0.695. The van der Waals surface area contributed by atoms with Crippen LogP contribution in [-0.4, -0.2) is 28.9 Å². The average molecular weight is 338 g/mol. The van der Waals surface area contributed by atoms with Gasteiger partial charge in [-0.25, -0.2) is 0 Å². The second-order valence-electron chi connectivity index (χ2n) is 5.24. The summed E-state index contributed by atoms with van der Waals surface area (Å²) in [5.41, 5.74) is 0.753. The number of benzene rings is 1. The fraction of sp³-hybridized carbons (Fsp3) is 0.267. The summed E-state index contributed by atoms with van der Waals surface area (Å²) in [6.45, 7) is 3.91. The molecule has 0 saturated heterocycles. The summed E-state index contributed by atoms with van der Waals surface area (Å²) in [4.78, 5) is 4.10. The molecule has 1 heterocycles. The van der Waals surface area contributed by atoms with E-state index in [0.717, 1.165) is 5.56 Å². The lowest BCUT2D eigenvalue weighted by atomic mass is 10.0. The zero-order chi connectivity index (χ0) is 17.0. The number of ether oxygens (including phenoxy) is 1. The van der Waals surface area contributed by atoms with Gasteiger partial charge in [0.05, 0.1) is 0 Å². The van der Waals surface area contributed by atoms with Gasteiger partial charge in [-0.15, -0.1) is 0 Å². The Morgan fingerprint density at radius 1 is 1.26 bits per heavy atom. The first-order valence-corrected chi connectivity index (χ1v) is 8.52. The molecule has 2 aromatic rings. The molecule has 0 radical (unpaired) electrons. The third-order valence-electron chi connectivity index (χ3n) is 3.00. The number of hydrogen-bond donors (Lipinski definition) is 3. The van der Waals surface area contributed by atoms with E-state index >= 15 is 0 Å². The summed E-state index contributed by atoms with van der Waals surface area (Å²) in [5, 5.41) is 12.3. The molecular formula is C15H18N2O5S. The van der Waals surface area contributed by atoms with Gasteiger partial charge < -0.3 is 15.2 Å². The predicted octanol–water partition coefficient (Wildman–Crippen LogP) is 2.96. The maximum absolute atomic E-state index is 10.7. The maximum atomic E-state index is 10.7. The van der Waals surface area contributed by atoms with Gasteiger partial charge in [0.15, 0.2) is 0 Å². The van der Waals surface area contributed by atoms with Gasteiger partial charge in [0.2, 0.25) is 5.88 Å². The van der Waals surface area contributed by atoms with Crippen molar-refractivity contribution in [3.05, 3.63) is 42.0 Å². The van der Waals surface area contributed by atoms with Crippen molar-refractivity contribution in [1.82, 2.24) is 4.98 Å². The molecule has 0 bridgehead atoms. The van der Waals surface area contributed by atoms with Gasteiger partial charge in [-0.2, -0.15) is 13.4 Å². The van der Waals surface area contributed by atoms with Crippen LogP contribution in [-0.2, 0) is 10.1 Å². The Morgan fingerprint density at radius 2 is 2.00 bits per heavy atom. The van der Waals surface area contributed by atoms with E-state index in [9.17, 15) is 13.5 Å². The molecule has 1 aromatic heterocycles.